The van der Waals surface area contributed by atoms with E-state index in [0.717, 1.165) is 47.4 Å². The molecule has 5 nitrogen and oxygen atoms in total. The molecule has 1 aliphatic rings. The summed E-state index contributed by atoms with van der Waals surface area (Å²) in [7, 11) is 1.62. The molecule has 0 spiro atoms. The van der Waals surface area contributed by atoms with Gasteiger partial charge < -0.3 is 10.1 Å². The average Bonchev–Trinajstić information content (AvgIpc) is 3.17. The van der Waals surface area contributed by atoms with Crippen molar-refractivity contribution in [3.8, 4) is 16.9 Å². The first kappa shape index (κ1) is 25.7. The zero-order valence-electron chi connectivity index (χ0n) is 20.1. The highest BCUT2D eigenvalue weighted by Crippen LogP contribution is 2.33. The molecule has 1 N–H and O–H groups in total. The number of amides is 2. The maximum absolute atomic E-state index is 12.8. The van der Waals surface area contributed by atoms with Crippen LogP contribution in [-0.2, 0) is 9.59 Å². The number of unbranched alkanes of at least 4 members (excludes halogenated alkanes) is 2. The van der Waals surface area contributed by atoms with Gasteiger partial charge in [-0.3, -0.25) is 14.5 Å². The van der Waals surface area contributed by atoms with Gasteiger partial charge in [0.05, 0.1) is 12.0 Å². The molecule has 1 aliphatic heterocycles. The van der Waals surface area contributed by atoms with Crippen LogP contribution in [0.1, 0.15) is 31.2 Å². The van der Waals surface area contributed by atoms with E-state index in [2.05, 4.69) is 17.4 Å². The highest BCUT2D eigenvalue weighted by molar-refractivity contribution is 8.26. The molecular weight excluding hydrogens is 488 g/mol. The Balaban J connectivity index is 1.18. The number of ether oxygens (including phenoxy) is 1. The zero-order valence-corrected chi connectivity index (χ0v) is 21.7. The first-order valence-corrected chi connectivity index (χ1v) is 13.1. The van der Waals surface area contributed by atoms with Crippen molar-refractivity contribution in [1.29, 1.82) is 0 Å². The number of carbonyl (C=O) groups is 2. The van der Waals surface area contributed by atoms with Crippen molar-refractivity contribution in [1.82, 2.24) is 4.90 Å². The van der Waals surface area contributed by atoms with E-state index >= 15 is 0 Å². The van der Waals surface area contributed by atoms with Crippen molar-refractivity contribution in [2.75, 3.05) is 19.0 Å². The van der Waals surface area contributed by atoms with Gasteiger partial charge in [-0.2, -0.15) is 0 Å². The number of hydrogen-bond acceptors (Lipinski definition) is 5. The number of anilines is 1. The highest BCUT2D eigenvalue weighted by Gasteiger charge is 2.31. The van der Waals surface area contributed by atoms with Gasteiger partial charge in [0.2, 0.25) is 5.91 Å². The van der Waals surface area contributed by atoms with Gasteiger partial charge in [0.15, 0.2) is 0 Å². The van der Waals surface area contributed by atoms with Gasteiger partial charge in [0, 0.05) is 18.7 Å². The van der Waals surface area contributed by atoms with E-state index in [1.807, 2.05) is 72.8 Å². The van der Waals surface area contributed by atoms with Crippen LogP contribution in [0.2, 0.25) is 0 Å². The first-order chi connectivity index (χ1) is 17.5. The van der Waals surface area contributed by atoms with Gasteiger partial charge in [-0.25, -0.2) is 0 Å². The summed E-state index contributed by atoms with van der Waals surface area (Å²) in [6.45, 7) is 0.563. The molecular formula is C29H28N2O3S2. The number of hydrogen-bond donors (Lipinski definition) is 1. The van der Waals surface area contributed by atoms with Crippen molar-refractivity contribution in [3.63, 3.8) is 0 Å². The summed E-state index contributed by atoms with van der Waals surface area (Å²) in [4.78, 5) is 27.4. The summed E-state index contributed by atoms with van der Waals surface area (Å²) in [6.07, 6.45) is 4.69. The van der Waals surface area contributed by atoms with Crippen molar-refractivity contribution in [3.05, 3.63) is 89.3 Å². The minimum absolute atomic E-state index is 0.00417. The molecule has 0 aromatic heterocycles. The normalized spacial score (nSPS) is 14.4. The predicted molar refractivity (Wildman–Crippen MR) is 152 cm³/mol. The van der Waals surface area contributed by atoms with Crippen LogP contribution in [0.3, 0.4) is 0 Å². The molecule has 0 aliphatic carbocycles. The van der Waals surface area contributed by atoms with Crippen LogP contribution in [0.25, 0.3) is 17.2 Å². The largest absolute Gasteiger partial charge is 0.497 e. The number of nitrogens with zero attached hydrogens (tertiary/aromatic N) is 1. The quantitative estimate of drug-likeness (QED) is 0.183. The van der Waals surface area contributed by atoms with Crippen LogP contribution >= 0.6 is 24.0 Å². The average molecular weight is 517 g/mol. The first-order valence-electron chi connectivity index (χ1n) is 11.9. The molecule has 184 valence electrons. The Morgan fingerprint density at radius 1 is 0.944 bits per heavy atom. The third-order valence-corrected chi connectivity index (χ3v) is 7.23. The molecule has 1 saturated heterocycles. The SMILES string of the molecule is COc1ccc(/C=C2\SC(=S)N(CCCCCC(=O)Nc3ccc(-c4ccccc4)cc3)C2=O)cc1. The Kier molecular flexibility index (Phi) is 8.92. The lowest BCUT2D eigenvalue weighted by Crippen LogP contribution is -2.29. The van der Waals surface area contributed by atoms with Crippen LogP contribution in [0.4, 0.5) is 5.69 Å². The second kappa shape index (κ2) is 12.5. The molecule has 7 heteroatoms. The van der Waals surface area contributed by atoms with E-state index in [-0.39, 0.29) is 11.8 Å². The molecule has 3 aromatic rings. The van der Waals surface area contributed by atoms with Gasteiger partial charge in [-0.05, 0) is 59.9 Å². The van der Waals surface area contributed by atoms with Gasteiger partial charge in [-0.15, -0.1) is 0 Å². The van der Waals surface area contributed by atoms with Crippen molar-refractivity contribution in [2.24, 2.45) is 0 Å². The Morgan fingerprint density at radius 2 is 1.64 bits per heavy atom. The van der Waals surface area contributed by atoms with Crippen LogP contribution in [-0.4, -0.2) is 34.7 Å². The Hall–Kier alpha value is -3.42. The number of carbonyl (C=O) groups excluding carboxylic acids is 2. The van der Waals surface area contributed by atoms with Crippen molar-refractivity contribution < 1.29 is 14.3 Å². The third-order valence-electron chi connectivity index (χ3n) is 5.85. The smallest absolute Gasteiger partial charge is 0.266 e. The molecule has 0 bridgehead atoms. The molecule has 1 heterocycles. The third kappa shape index (κ3) is 6.83. The van der Waals surface area contributed by atoms with Gasteiger partial charge in [0.25, 0.3) is 5.91 Å². The van der Waals surface area contributed by atoms with Gasteiger partial charge >= 0.3 is 0 Å². The molecule has 3 aromatic carbocycles. The van der Waals surface area contributed by atoms with Crippen LogP contribution in [0, 0.1) is 0 Å². The lowest BCUT2D eigenvalue weighted by molar-refractivity contribution is -0.122. The Labute approximate surface area is 221 Å². The number of rotatable bonds is 10. The molecule has 0 radical (unpaired) electrons. The minimum atomic E-state index is -0.0579. The molecule has 0 atom stereocenters. The second-order valence-corrected chi connectivity index (χ2v) is 10.1. The number of nitrogens with one attached hydrogen (secondary N) is 1. The highest BCUT2D eigenvalue weighted by atomic mass is 32.2. The van der Waals surface area contributed by atoms with Gasteiger partial charge in [0.1, 0.15) is 10.1 Å². The van der Waals surface area contributed by atoms with E-state index in [9.17, 15) is 9.59 Å². The van der Waals surface area contributed by atoms with E-state index in [1.54, 1.807) is 12.0 Å². The molecule has 4 rings (SSSR count). The molecule has 0 saturated carbocycles. The lowest BCUT2D eigenvalue weighted by atomic mass is 10.1. The Morgan fingerprint density at radius 3 is 2.33 bits per heavy atom. The van der Waals surface area contributed by atoms with E-state index in [4.69, 9.17) is 17.0 Å². The fraction of sp³-hybridized carbons (Fsp3) is 0.207. The monoisotopic (exact) mass is 516 g/mol. The fourth-order valence-electron chi connectivity index (χ4n) is 3.88. The number of thioether (sulfide) groups is 1. The maximum atomic E-state index is 12.8. The van der Waals surface area contributed by atoms with Crippen LogP contribution in [0.5, 0.6) is 5.75 Å². The van der Waals surface area contributed by atoms with E-state index < -0.39 is 0 Å². The summed E-state index contributed by atoms with van der Waals surface area (Å²) in [5.74, 6) is 0.711. The predicted octanol–water partition coefficient (Wildman–Crippen LogP) is 6.76. The van der Waals surface area contributed by atoms with Crippen LogP contribution in [0.15, 0.2) is 83.8 Å². The number of thiocarbonyl (C=S) groups is 1. The molecule has 36 heavy (non-hydrogen) atoms. The number of benzene rings is 3. The molecule has 0 unspecified atom stereocenters. The van der Waals surface area contributed by atoms with Crippen LogP contribution < -0.4 is 10.1 Å². The minimum Gasteiger partial charge on any atom is -0.497 e. The Bertz CT molecular complexity index is 1240. The summed E-state index contributed by atoms with van der Waals surface area (Å²) < 4.78 is 5.76. The summed E-state index contributed by atoms with van der Waals surface area (Å²) >= 11 is 6.76. The standard InChI is InChI=1S/C29H28N2O3S2/c1-34-25-17-11-21(12-18-25)20-26-28(33)31(29(35)36-26)19-7-3-6-10-27(32)30-24-15-13-23(14-16-24)22-8-4-2-5-9-22/h2,4-5,8-9,11-18,20H,3,6-7,10,19H2,1H3,(H,30,32)/b26-20-. The van der Waals surface area contributed by atoms with Gasteiger partial charge in [-0.1, -0.05) is 85.0 Å². The van der Waals surface area contributed by atoms with Crippen molar-refractivity contribution >= 4 is 51.9 Å². The van der Waals surface area contributed by atoms with E-state index in [1.165, 1.54) is 11.8 Å². The second-order valence-electron chi connectivity index (χ2n) is 8.41. The number of methoxy groups -OCH3 is 1. The maximum Gasteiger partial charge on any atom is 0.266 e. The fourth-order valence-corrected chi connectivity index (χ4v) is 5.19. The van der Waals surface area contributed by atoms with Crippen molar-refractivity contribution in [2.45, 2.75) is 25.7 Å². The molecule has 2 amide bonds. The summed E-state index contributed by atoms with van der Waals surface area (Å²) in [5, 5.41) is 2.96. The molecule has 1 fully saturated rings. The topological polar surface area (TPSA) is 58.6 Å². The summed E-state index contributed by atoms with van der Waals surface area (Å²) in [6, 6.07) is 25.6. The zero-order chi connectivity index (χ0) is 25.3. The van der Waals surface area contributed by atoms with E-state index in [0.29, 0.717) is 22.2 Å². The lowest BCUT2D eigenvalue weighted by Gasteiger charge is -2.14. The summed E-state index contributed by atoms with van der Waals surface area (Å²) in [5.41, 5.74) is 3.98.